The maximum atomic E-state index is 11.5. The highest BCUT2D eigenvalue weighted by Gasteiger charge is 2.32. The van der Waals surface area contributed by atoms with E-state index in [2.05, 4.69) is 0 Å². The maximum absolute atomic E-state index is 11.5. The van der Waals surface area contributed by atoms with Crippen LogP contribution in [-0.4, -0.2) is 47.7 Å². The second-order valence-electron chi connectivity index (χ2n) is 4.18. The minimum atomic E-state index is -1.02. The number of carboxylic acid groups (broad SMARTS) is 1. The van der Waals surface area contributed by atoms with Gasteiger partial charge in [0.25, 0.3) is 0 Å². The predicted octanol–water partition coefficient (Wildman–Crippen LogP) is 0.341. The summed E-state index contributed by atoms with van der Waals surface area (Å²) >= 11 is 0. The molecule has 0 radical (unpaired) electrons. The van der Waals surface area contributed by atoms with Crippen LogP contribution in [0.3, 0.4) is 0 Å². The van der Waals surface area contributed by atoms with Gasteiger partial charge in [-0.05, 0) is 12.1 Å². The predicted molar refractivity (Wildman–Crippen MR) is 66.4 cm³/mol. The molecule has 2 amide bonds. The lowest BCUT2D eigenvalue weighted by Crippen LogP contribution is -2.59. The molecule has 0 aromatic heterocycles. The average molecular weight is 249 g/mol. The van der Waals surface area contributed by atoms with Gasteiger partial charge in [0.05, 0.1) is 6.54 Å². The minimum absolute atomic E-state index is 0.111. The van der Waals surface area contributed by atoms with Crippen molar-refractivity contribution in [2.45, 2.75) is 6.04 Å². The van der Waals surface area contributed by atoms with E-state index in [9.17, 15) is 9.59 Å². The molecule has 0 bridgehead atoms. The van der Waals surface area contributed by atoms with E-state index in [1.54, 1.807) is 0 Å². The Morgan fingerprint density at radius 3 is 2.44 bits per heavy atom. The molecule has 2 rings (SSSR count). The third-order valence-corrected chi connectivity index (χ3v) is 3.07. The van der Waals surface area contributed by atoms with Crippen LogP contribution < -0.4 is 10.6 Å². The maximum Gasteiger partial charge on any atom is 0.407 e. The second kappa shape index (κ2) is 4.95. The van der Waals surface area contributed by atoms with E-state index in [0.717, 1.165) is 5.69 Å². The molecule has 1 heterocycles. The standard InChI is InChI=1S/C12H15N3O3/c13-11(16)10-8-14(12(17)18)6-7-15(10)9-4-2-1-3-5-9/h1-5,10H,6-8H2,(H2,13,16)(H,17,18)/t10-/m0/s1. The van der Waals surface area contributed by atoms with Gasteiger partial charge in [0.1, 0.15) is 6.04 Å². The van der Waals surface area contributed by atoms with Crippen LogP contribution in [0, 0.1) is 0 Å². The number of nitrogens with zero attached hydrogens (tertiary/aromatic N) is 2. The Balaban J connectivity index is 2.21. The smallest absolute Gasteiger partial charge is 0.407 e. The van der Waals surface area contributed by atoms with Crippen LogP contribution in [0.4, 0.5) is 10.5 Å². The van der Waals surface area contributed by atoms with Gasteiger partial charge in [-0.15, -0.1) is 0 Å². The lowest BCUT2D eigenvalue weighted by molar-refractivity contribution is -0.120. The summed E-state index contributed by atoms with van der Waals surface area (Å²) in [6.45, 7) is 0.942. The second-order valence-corrected chi connectivity index (χ2v) is 4.18. The number of hydrogen-bond donors (Lipinski definition) is 2. The molecule has 96 valence electrons. The first-order valence-electron chi connectivity index (χ1n) is 5.68. The molecule has 3 N–H and O–H groups in total. The summed E-state index contributed by atoms with van der Waals surface area (Å²) in [5.74, 6) is -0.509. The molecule has 1 aliphatic heterocycles. The SMILES string of the molecule is NC(=O)[C@@H]1CN(C(=O)O)CCN1c1ccccc1. The average Bonchev–Trinajstić information content (AvgIpc) is 2.39. The minimum Gasteiger partial charge on any atom is -0.465 e. The monoisotopic (exact) mass is 249 g/mol. The summed E-state index contributed by atoms with van der Waals surface area (Å²) < 4.78 is 0. The summed E-state index contributed by atoms with van der Waals surface area (Å²) in [6.07, 6.45) is -1.02. The summed E-state index contributed by atoms with van der Waals surface area (Å²) in [5.41, 5.74) is 6.24. The zero-order valence-corrected chi connectivity index (χ0v) is 9.82. The van der Waals surface area contributed by atoms with Crippen molar-refractivity contribution in [3.63, 3.8) is 0 Å². The fraction of sp³-hybridized carbons (Fsp3) is 0.333. The van der Waals surface area contributed by atoms with E-state index in [4.69, 9.17) is 10.8 Å². The van der Waals surface area contributed by atoms with E-state index in [-0.39, 0.29) is 6.54 Å². The molecule has 1 atom stereocenters. The van der Waals surface area contributed by atoms with Crippen LogP contribution >= 0.6 is 0 Å². The molecule has 18 heavy (non-hydrogen) atoms. The van der Waals surface area contributed by atoms with E-state index >= 15 is 0 Å². The van der Waals surface area contributed by atoms with Crippen molar-refractivity contribution in [2.24, 2.45) is 5.73 Å². The van der Waals surface area contributed by atoms with Gasteiger partial charge < -0.3 is 20.6 Å². The number of benzene rings is 1. The van der Waals surface area contributed by atoms with Crippen LogP contribution in [-0.2, 0) is 4.79 Å². The molecule has 0 unspecified atom stereocenters. The fourth-order valence-corrected chi connectivity index (χ4v) is 2.13. The molecular formula is C12H15N3O3. The highest BCUT2D eigenvalue weighted by Crippen LogP contribution is 2.20. The number of carbonyl (C=O) groups is 2. The Morgan fingerprint density at radius 2 is 1.89 bits per heavy atom. The number of primary amides is 1. The Labute approximate surface area is 105 Å². The molecule has 0 spiro atoms. The van der Waals surface area contributed by atoms with Gasteiger partial charge >= 0.3 is 6.09 Å². The largest absolute Gasteiger partial charge is 0.465 e. The summed E-state index contributed by atoms with van der Waals surface area (Å²) in [5, 5.41) is 8.95. The van der Waals surface area contributed by atoms with Gasteiger partial charge in [0, 0.05) is 18.8 Å². The van der Waals surface area contributed by atoms with Crippen molar-refractivity contribution in [1.82, 2.24) is 4.90 Å². The Bertz CT molecular complexity index is 449. The molecule has 0 aliphatic carbocycles. The Kier molecular flexibility index (Phi) is 3.36. The highest BCUT2D eigenvalue weighted by molar-refractivity contribution is 5.85. The first-order valence-corrected chi connectivity index (χ1v) is 5.68. The van der Waals surface area contributed by atoms with Gasteiger partial charge in [-0.3, -0.25) is 4.79 Å². The third-order valence-electron chi connectivity index (χ3n) is 3.07. The number of para-hydroxylation sites is 1. The van der Waals surface area contributed by atoms with Gasteiger partial charge in [-0.1, -0.05) is 18.2 Å². The Hall–Kier alpha value is -2.24. The first-order chi connectivity index (χ1) is 8.59. The fourth-order valence-electron chi connectivity index (χ4n) is 2.13. The van der Waals surface area contributed by atoms with E-state index in [0.29, 0.717) is 13.1 Å². The molecule has 1 saturated heterocycles. The molecule has 6 nitrogen and oxygen atoms in total. The summed E-state index contributed by atoms with van der Waals surface area (Å²) in [6, 6.07) is 8.78. The van der Waals surface area contributed by atoms with Gasteiger partial charge in [0.15, 0.2) is 0 Å². The molecule has 1 aliphatic rings. The number of hydrogen-bond acceptors (Lipinski definition) is 3. The number of amides is 2. The van der Waals surface area contributed by atoms with Gasteiger partial charge in [0.2, 0.25) is 5.91 Å². The van der Waals surface area contributed by atoms with Gasteiger partial charge in [-0.2, -0.15) is 0 Å². The number of piperazine rings is 1. The van der Waals surface area contributed by atoms with Crippen molar-refractivity contribution in [3.05, 3.63) is 30.3 Å². The zero-order chi connectivity index (χ0) is 13.1. The quantitative estimate of drug-likeness (QED) is 0.791. The number of nitrogens with two attached hydrogens (primary N) is 1. The van der Waals surface area contributed by atoms with Crippen molar-refractivity contribution in [2.75, 3.05) is 24.5 Å². The normalized spacial score (nSPS) is 19.7. The Morgan fingerprint density at radius 1 is 1.22 bits per heavy atom. The molecule has 0 saturated carbocycles. The summed E-state index contributed by atoms with van der Waals surface area (Å²) in [4.78, 5) is 25.5. The molecule has 1 aromatic rings. The van der Waals surface area contributed by atoms with E-state index in [1.165, 1.54) is 4.90 Å². The van der Waals surface area contributed by atoms with Gasteiger partial charge in [-0.25, -0.2) is 4.79 Å². The van der Waals surface area contributed by atoms with Crippen LogP contribution in [0.25, 0.3) is 0 Å². The van der Waals surface area contributed by atoms with Crippen molar-refractivity contribution < 1.29 is 14.7 Å². The van der Waals surface area contributed by atoms with E-state index in [1.807, 2.05) is 35.2 Å². The molecule has 1 aromatic carbocycles. The molecular weight excluding hydrogens is 234 g/mol. The third kappa shape index (κ3) is 2.37. The lowest BCUT2D eigenvalue weighted by Gasteiger charge is -2.40. The van der Waals surface area contributed by atoms with Crippen molar-refractivity contribution in [1.29, 1.82) is 0 Å². The van der Waals surface area contributed by atoms with Crippen LogP contribution in [0.15, 0.2) is 30.3 Å². The number of anilines is 1. The molecule has 1 fully saturated rings. The topological polar surface area (TPSA) is 86.9 Å². The highest BCUT2D eigenvalue weighted by atomic mass is 16.4. The number of rotatable bonds is 2. The molecule has 6 heteroatoms. The van der Waals surface area contributed by atoms with Crippen LogP contribution in [0.2, 0.25) is 0 Å². The first kappa shape index (κ1) is 12.2. The van der Waals surface area contributed by atoms with Crippen LogP contribution in [0.5, 0.6) is 0 Å². The summed E-state index contributed by atoms with van der Waals surface area (Å²) in [7, 11) is 0. The number of carbonyl (C=O) groups excluding carboxylic acids is 1. The van der Waals surface area contributed by atoms with E-state index < -0.39 is 18.0 Å². The van der Waals surface area contributed by atoms with Crippen molar-refractivity contribution >= 4 is 17.7 Å². The zero-order valence-electron chi connectivity index (χ0n) is 9.82. The van der Waals surface area contributed by atoms with Crippen molar-refractivity contribution in [3.8, 4) is 0 Å². The van der Waals surface area contributed by atoms with Crippen LogP contribution in [0.1, 0.15) is 0 Å². The lowest BCUT2D eigenvalue weighted by atomic mass is 10.1.